The van der Waals surface area contributed by atoms with E-state index in [0.29, 0.717) is 6.42 Å². The molecule has 6 nitrogen and oxygen atoms in total. The molecular formula is C10H15NO5S. The number of aliphatic hydroxyl groups is 1. The van der Waals surface area contributed by atoms with Crippen LogP contribution in [0.25, 0.3) is 0 Å². The Balaban J connectivity index is 2.40. The molecule has 0 bridgehead atoms. The van der Waals surface area contributed by atoms with E-state index in [0.717, 1.165) is 0 Å². The van der Waals surface area contributed by atoms with E-state index in [2.05, 4.69) is 5.32 Å². The van der Waals surface area contributed by atoms with E-state index in [1.165, 1.54) is 14.0 Å². The molecule has 0 aromatic rings. The van der Waals surface area contributed by atoms with E-state index in [4.69, 9.17) is 8.37 Å². The molecule has 0 radical (unpaired) electrons. The van der Waals surface area contributed by atoms with Crippen LogP contribution in [0.5, 0.6) is 0 Å². The Bertz CT molecular complexity index is 471. The number of hydrogen-bond acceptors (Lipinski definition) is 6. The van der Waals surface area contributed by atoms with Gasteiger partial charge in [0.05, 0.1) is 0 Å². The third-order valence-electron chi connectivity index (χ3n) is 3.14. The number of hydrogen-bond donors (Lipinski definition) is 2. The molecule has 0 spiro atoms. The van der Waals surface area contributed by atoms with Crippen LogP contribution in [-0.4, -0.2) is 32.1 Å². The van der Waals surface area contributed by atoms with Crippen molar-refractivity contribution in [1.29, 1.82) is 0 Å². The van der Waals surface area contributed by atoms with Gasteiger partial charge in [0, 0.05) is 5.92 Å². The summed E-state index contributed by atoms with van der Waals surface area (Å²) in [5.41, 5.74) is -1.51. The molecule has 17 heavy (non-hydrogen) atoms. The van der Waals surface area contributed by atoms with Crippen LogP contribution in [0.4, 0.5) is 0 Å². The van der Waals surface area contributed by atoms with Gasteiger partial charge in [-0.15, -0.1) is 0 Å². The number of allylic oxidation sites excluding steroid dienone is 3. The minimum absolute atomic E-state index is 0.475. The highest BCUT2D eigenvalue weighted by Gasteiger charge is 2.63. The third kappa shape index (κ3) is 1.94. The first-order valence-corrected chi connectivity index (χ1v) is 6.57. The summed E-state index contributed by atoms with van der Waals surface area (Å²) >= 11 is 0. The molecule has 0 amide bonds. The smallest absolute Gasteiger partial charge is 0.361 e. The van der Waals surface area contributed by atoms with Crippen LogP contribution in [0.3, 0.4) is 0 Å². The largest absolute Gasteiger partial charge is 0.404 e. The van der Waals surface area contributed by atoms with Gasteiger partial charge < -0.3 is 5.11 Å². The maximum atomic E-state index is 11.4. The van der Waals surface area contributed by atoms with Crippen molar-refractivity contribution in [3.05, 3.63) is 24.3 Å². The first-order chi connectivity index (χ1) is 7.83. The monoisotopic (exact) mass is 261 g/mol. The van der Waals surface area contributed by atoms with Gasteiger partial charge in [-0.05, 0) is 20.4 Å². The van der Waals surface area contributed by atoms with Crippen LogP contribution in [0, 0.1) is 5.92 Å². The lowest BCUT2D eigenvalue weighted by Crippen LogP contribution is -2.61. The fraction of sp³-hybridized carbons (Fsp3) is 0.600. The number of likely N-dealkylation sites (N-methyl/N-ethyl adjacent to an activating group) is 1. The van der Waals surface area contributed by atoms with Crippen molar-refractivity contribution in [2.24, 2.45) is 5.92 Å². The van der Waals surface area contributed by atoms with Gasteiger partial charge in [-0.25, -0.2) is 8.37 Å². The maximum absolute atomic E-state index is 11.4. The zero-order valence-corrected chi connectivity index (χ0v) is 10.4. The molecule has 2 N–H and O–H groups in total. The van der Waals surface area contributed by atoms with Crippen molar-refractivity contribution >= 4 is 10.4 Å². The van der Waals surface area contributed by atoms with Gasteiger partial charge in [-0.3, -0.25) is 5.32 Å². The van der Waals surface area contributed by atoms with Crippen LogP contribution < -0.4 is 5.32 Å². The molecule has 1 aliphatic carbocycles. The first kappa shape index (κ1) is 12.7. The molecule has 1 aliphatic heterocycles. The molecule has 1 heterocycles. The summed E-state index contributed by atoms with van der Waals surface area (Å²) in [6.07, 6.45) is 7.55. The maximum Gasteiger partial charge on any atom is 0.404 e. The van der Waals surface area contributed by atoms with Crippen LogP contribution in [0.2, 0.25) is 0 Å². The van der Waals surface area contributed by atoms with Gasteiger partial charge >= 0.3 is 10.4 Å². The Morgan fingerprint density at radius 1 is 1.41 bits per heavy atom. The molecule has 1 fully saturated rings. The highest BCUT2D eigenvalue weighted by atomic mass is 32.3. The molecule has 1 saturated heterocycles. The molecular weight excluding hydrogens is 246 g/mol. The molecule has 7 heteroatoms. The van der Waals surface area contributed by atoms with Crippen LogP contribution in [0.1, 0.15) is 13.3 Å². The van der Waals surface area contributed by atoms with Crippen molar-refractivity contribution in [2.75, 3.05) is 7.05 Å². The van der Waals surface area contributed by atoms with E-state index in [-0.39, 0.29) is 0 Å². The van der Waals surface area contributed by atoms with Crippen molar-refractivity contribution < 1.29 is 21.9 Å². The normalized spacial score (nSPS) is 44.1. The predicted octanol–water partition coefficient (Wildman–Crippen LogP) is 0.0345. The fourth-order valence-corrected chi connectivity index (χ4v) is 3.26. The summed E-state index contributed by atoms with van der Waals surface area (Å²) in [6.45, 7) is 1.43. The second kappa shape index (κ2) is 3.89. The first-order valence-electron chi connectivity index (χ1n) is 5.24. The Labute approximate surface area is 100 Å². The average molecular weight is 261 g/mol. The van der Waals surface area contributed by atoms with Gasteiger partial charge in [0.1, 0.15) is 0 Å². The van der Waals surface area contributed by atoms with E-state index in [1.54, 1.807) is 12.2 Å². The lowest BCUT2D eigenvalue weighted by molar-refractivity contribution is -0.230. The summed E-state index contributed by atoms with van der Waals surface area (Å²) in [5.74, 6) is -2.45. The minimum Gasteiger partial charge on any atom is -0.361 e. The van der Waals surface area contributed by atoms with Gasteiger partial charge in [0.25, 0.3) is 0 Å². The van der Waals surface area contributed by atoms with Gasteiger partial charge in [0.15, 0.2) is 5.72 Å². The van der Waals surface area contributed by atoms with Gasteiger partial charge in [-0.2, -0.15) is 8.42 Å². The quantitative estimate of drug-likeness (QED) is 0.730. The Morgan fingerprint density at radius 3 is 2.65 bits per heavy atom. The average Bonchev–Trinajstić information content (AvgIpc) is 2.47. The molecule has 96 valence electrons. The number of nitrogens with one attached hydrogen (secondary N) is 1. The molecule has 0 aromatic heterocycles. The Hall–Kier alpha value is -0.730. The molecule has 3 atom stereocenters. The fourth-order valence-electron chi connectivity index (χ4n) is 2.02. The molecule has 1 unspecified atom stereocenters. The van der Waals surface area contributed by atoms with E-state index in [9.17, 15) is 13.5 Å². The van der Waals surface area contributed by atoms with Crippen LogP contribution >= 0.6 is 0 Å². The summed E-state index contributed by atoms with van der Waals surface area (Å²) in [6, 6.07) is 0. The van der Waals surface area contributed by atoms with E-state index < -0.39 is 27.8 Å². The van der Waals surface area contributed by atoms with Crippen LogP contribution in [-0.2, 0) is 18.8 Å². The zero-order chi connectivity index (χ0) is 12.7. The molecule has 2 aliphatic rings. The Morgan fingerprint density at radius 2 is 2.12 bits per heavy atom. The highest BCUT2D eigenvalue weighted by molar-refractivity contribution is 7.82. The SMILES string of the molecule is CN[C@@]1(C)OS(=O)(=O)O[C@]1(O)C1C=CC=CC1. The van der Waals surface area contributed by atoms with Gasteiger partial charge in [-0.1, -0.05) is 24.3 Å². The van der Waals surface area contributed by atoms with Crippen molar-refractivity contribution in [3.63, 3.8) is 0 Å². The van der Waals surface area contributed by atoms with Crippen molar-refractivity contribution in [2.45, 2.75) is 24.9 Å². The van der Waals surface area contributed by atoms with E-state index >= 15 is 0 Å². The predicted molar refractivity (Wildman–Crippen MR) is 59.9 cm³/mol. The number of rotatable bonds is 2. The second-order valence-electron chi connectivity index (χ2n) is 4.21. The summed E-state index contributed by atoms with van der Waals surface area (Å²) in [7, 11) is -2.70. The topological polar surface area (TPSA) is 84.9 Å². The molecule has 0 saturated carbocycles. The van der Waals surface area contributed by atoms with Crippen LogP contribution in [0.15, 0.2) is 24.3 Å². The van der Waals surface area contributed by atoms with Gasteiger partial charge in [0.2, 0.25) is 5.79 Å². The second-order valence-corrected chi connectivity index (χ2v) is 5.36. The molecule has 2 rings (SSSR count). The molecule has 0 aromatic carbocycles. The lowest BCUT2D eigenvalue weighted by atomic mass is 9.85. The van der Waals surface area contributed by atoms with Crippen molar-refractivity contribution in [3.8, 4) is 0 Å². The Kier molecular flexibility index (Phi) is 2.91. The summed E-state index contributed by atoms with van der Waals surface area (Å²) in [4.78, 5) is 0. The van der Waals surface area contributed by atoms with Crippen molar-refractivity contribution in [1.82, 2.24) is 5.32 Å². The lowest BCUT2D eigenvalue weighted by Gasteiger charge is -2.38. The standard InChI is InChI=1S/C10H15NO5S/c1-9(11-2)10(12,16-17(13,14)15-9)8-6-4-3-5-7-8/h3-6,8,11-12H,7H2,1-2H3/t8?,9-,10+/m0/s1. The highest BCUT2D eigenvalue weighted by Crippen LogP contribution is 2.43. The minimum atomic E-state index is -4.19. The summed E-state index contributed by atoms with van der Waals surface area (Å²) in [5, 5.41) is 13.1. The zero-order valence-electron chi connectivity index (χ0n) is 9.58. The summed E-state index contributed by atoms with van der Waals surface area (Å²) < 4.78 is 32.3. The van der Waals surface area contributed by atoms with E-state index in [1.807, 2.05) is 12.2 Å². The third-order valence-corrected chi connectivity index (χ3v) is 4.14.